The second kappa shape index (κ2) is 6.79. The number of carbonyl (C=O) groups is 1. The molecule has 2 aromatic carbocycles. The molecular weight excluding hydrogens is 481 g/mol. The zero-order valence-corrected chi connectivity index (χ0v) is 16.1. The molecule has 1 atom stereocenters. The number of aliphatic hydroxyl groups is 1. The molecule has 0 saturated heterocycles. The van der Waals surface area contributed by atoms with Crippen molar-refractivity contribution >= 4 is 43.5 Å². The summed E-state index contributed by atoms with van der Waals surface area (Å²) in [5, 5.41) is 14.3. The van der Waals surface area contributed by atoms with Crippen LogP contribution in [-0.2, 0) is 0 Å². The van der Waals surface area contributed by atoms with Crippen molar-refractivity contribution in [2.24, 2.45) is 5.10 Å². The molecule has 0 bridgehead atoms. The molecule has 2 aromatic rings. The van der Waals surface area contributed by atoms with E-state index in [1.54, 1.807) is 30.3 Å². The van der Waals surface area contributed by atoms with Crippen LogP contribution in [0.5, 0.6) is 0 Å². The van der Waals surface area contributed by atoms with Crippen molar-refractivity contribution in [2.45, 2.75) is 18.3 Å². The van der Waals surface area contributed by atoms with E-state index < -0.39 is 24.2 Å². The van der Waals surface area contributed by atoms with Crippen molar-refractivity contribution in [3.63, 3.8) is 0 Å². The van der Waals surface area contributed by atoms with E-state index in [9.17, 15) is 23.1 Å². The van der Waals surface area contributed by atoms with Crippen LogP contribution in [0.1, 0.15) is 22.3 Å². The van der Waals surface area contributed by atoms with Crippen molar-refractivity contribution in [1.82, 2.24) is 5.01 Å². The van der Waals surface area contributed by atoms with Crippen molar-refractivity contribution in [3.8, 4) is 0 Å². The van der Waals surface area contributed by atoms with Crippen molar-refractivity contribution in [2.75, 3.05) is 0 Å². The first kappa shape index (κ1) is 19.1. The fourth-order valence-corrected chi connectivity index (χ4v) is 3.35. The van der Waals surface area contributed by atoms with Gasteiger partial charge in [0, 0.05) is 14.5 Å². The Morgan fingerprint density at radius 3 is 2.31 bits per heavy atom. The third kappa shape index (κ3) is 3.43. The van der Waals surface area contributed by atoms with Crippen LogP contribution in [0.2, 0.25) is 0 Å². The average molecular weight is 492 g/mol. The molecule has 1 N–H and O–H groups in total. The van der Waals surface area contributed by atoms with Crippen LogP contribution in [-0.4, -0.2) is 33.6 Å². The van der Waals surface area contributed by atoms with E-state index in [2.05, 4.69) is 37.0 Å². The second-order valence-corrected chi connectivity index (χ2v) is 7.51. The molecule has 26 heavy (non-hydrogen) atoms. The van der Waals surface area contributed by atoms with Gasteiger partial charge in [-0.15, -0.1) is 0 Å². The number of carbonyl (C=O) groups excluding carboxylic acids is 1. The Kier molecular flexibility index (Phi) is 4.98. The van der Waals surface area contributed by atoms with Gasteiger partial charge in [0.1, 0.15) is 0 Å². The average Bonchev–Trinajstić information content (AvgIpc) is 2.93. The lowest BCUT2D eigenvalue weighted by Gasteiger charge is -2.32. The predicted molar refractivity (Wildman–Crippen MR) is 96.6 cm³/mol. The molecule has 0 unspecified atom stereocenters. The highest BCUT2D eigenvalue weighted by Crippen LogP contribution is 2.42. The van der Waals surface area contributed by atoms with Gasteiger partial charge in [-0.3, -0.25) is 4.79 Å². The SMILES string of the molecule is O=C(c1cccc(Br)c1)N1N=C(c2cccc(Br)c2)C[C@@]1(O)C(F)(F)F. The molecule has 1 aliphatic rings. The van der Waals surface area contributed by atoms with Gasteiger partial charge < -0.3 is 5.11 Å². The first-order chi connectivity index (χ1) is 12.1. The van der Waals surface area contributed by atoms with Gasteiger partial charge in [-0.2, -0.15) is 23.3 Å². The molecule has 1 amide bonds. The number of hydrogen-bond donors (Lipinski definition) is 1. The number of amides is 1. The third-order valence-electron chi connectivity index (χ3n) is 3.86. The summed E-state index contributed by atoms with van der Waals surface area (Å²) in [4.78, 5) is 12.6. The first-order valence-electron chi connectivity index (χ1n) is 7.34. The summed E-state index contributed by atoms with van der Waals surface area (Å²) < 4.78 is 41.9. The highest BCUT2D eigenvalue weighted by Gasteiger charge is 2.63. The molecule has 4 nitrogen and oxygen atoms in total. The maximum atomic E-state index is 13.6. The lowest BCUT2D eigenvalue weighted by Crippen LogP contribution is -2.56. The van der Waals surface area contributed by atoms with Gasteiger partial charge in [0.05, 0.1) is 12.1 Å². The summed E-state index contributed by atoms with van der Waals surface area (Å²) in [6.45, 7) is 0. The predicted octanol–water partition coefficient (Wildman–Crippen LogP) is 4.71. The van der Waals surface area contributed by atoms with Crippen LogP contribution < -0.4 is 0 Å². The number of rotatable bonds is 2. The number of nitrogens with zero attached hydrogens (tertiary/aromatic N) is 2. The van der Waals surface area contributed by atoms with E-state index in [1.807, 2.05) is 0 Å². The summed E-state index contributed by atoms with van der Waals surface area (Å²) >= 11 is 6.41. The fraction of sp³-hybridized carbons (Fsp3) is 0.176. The van der Waals surface area contributed by atoms with Crippen molar-refractivity contribution in [3.05, 3.63) is 68.6 Å². The minimum absolute atomic E-state index is 0.0266. The zero-order valence-electron chi connectivity index (χ0n) is 13.0. The van der Waals surface area contributed by atoms with Gasteiger partial charge in [0.15, 0.2) is 0 Å². The lowest BCUT2D eigenvalue weighted by molar-refractivity contribution is -0.297. The molecule has 3 rings (SSSR count). The van der Waals surface area contributed by atoms with Gasteiger partial charge in [-0.05, 0) is 35.9 Å². The third-order valence-corrected chi connectivity index (χ3v) is 4.85. The quantitative estimate of drug-likeness (QED) is 0.661. The Morgan fingerprint density at radius 1 is 1.12 bits per heavy atom. The molecule has 0 fully saturated rings. The lowest BCUT2D eigenvalue weighted by atomic mass is 10.0. The normalized spacial score (nSPS) is 20.2. The van der Waals surface area contributed by atoms with Gasteiger partial charge in [-0.1, -0.05) is 50.1 Å². The summed E-state index contributed by atoms with van der Waals surface area (Å²) in [7, 11) is 0. The Hall–Kier alpha value is -1.71. The molecule has 0 radical (unpaired) electrons. The monoisotopic (exact) mass is 490 g/mol. The van der Waals surface area contributed by atoms with Crippen LogP contribution >= 0.6 is 31.9 Å². The Morgan fingerprint density at radius 2 is 1.73 bits per heavy atom. The van der Waals surface area contributed by atoms with Crippen LogP contribution in [0.4, 0.5) is 13.2 Å². The maximum Gasteiger partial charge on any atom is 0.438 e. The molecule has 136 valence electrons. The number of benzene rings is 2. The first-order valence-corrected chi connectivity index (χ1v) is 8.93. The molecule has 0 saturated carbocycles. The number of hydrazone groups is 1. The smallest absolute Gasteiger partial charge is 0.362 e. The Bertz CT molecular complexity index is 902. The number of alkyl halides is 3. The molecule has 0 aliphatic carbocycles. The van der Waals surface area contributed by atoms with E-state index in [1.165, 1.54) is 18.2 Å². The van der Waals surface area contributed by atoms with E-state index in [-0.39, 0.29) is 16.3 Å². The minimum Gasteiger partial charge on any atom is -0.362 e. The van der Waals surface area contributed by atoms with Crippen LogP contribution in [0.3, 0.4) is 0 Å². The van der Waals surface area contributed by atoms with Crippen LogP contribution in [0, 0.1) is 0 Å². The number of hydrogen-bond acceptors (Lipinski definition) is 3. The summed E-state index contributed by atoms with van der Waals surface area (Å²) in [6, 6.07) is 12.3. The highest BCUT2D eigenvalue weighted by atomic mass is 79.9. The van der Waals surface area contributed by atoms with Gasteiger partial charge in [0.25, 0.3) is 11.6 Å². The minimum atomic E-state index is -5.08. The number of halogens is 5. The molecule has 1 heterocycles. The highest BCUT2D eigenvalue weighted by molar-refractivity contribution is 9.10. The standard InChI is InChI=1S/C17H11Br2F3N2O2/c18-12-5-1-3-10(7-12)14-9-16(26,17(20,21)22)24(23-14)15(25)11-4-2-6-13(19)8-11/h1-8,26H,9H2/t16-/m1/s1. The molecule has 1 aliphatic heterocycles. The zero-order chi connectivity index (χ0) is 19.1. The van der Waals surface area contributed by atoms with E-state index in [4.69, 9.17) is 0 Å². The largest absolute Gasteiger partial charge is 0.438 e. The second-order valence-electron chi connectivity index (χ2n) is 5.68. The van der Waals surface area contributed by atoms with Crippen LogP contribution in [0.25, 0.3) is 0 Å². The molecule has 0 spiro atoms. The summed E-state index contributed by atoms with van der Waals surface area (Å²) in [6.07, 6.45) is -5.93. The van der Waals surface area contributed by atoms with Gasteiger partial charge in [-0.25, -0.2) is 0 Å². The Labute approximate surface area is 163 Å². The summed E-state index contributed by atoms with van der Waals surface area (Å²) in [5.74, 6) is -1.05. The van der Waals surface area contributed by atoms with Gasteiger partial charge in [0.2, 0.25) is 0 Å². The topological polar surface area (TPSA) is 52.9 Å². The van der Waals surface area contributed by atoms with E-state index in [0.29, 0.717) is 14.5 Å². The van der Waals surface area contributed by atoms with Crippen molar-refractivity contribution in [1.29, 1.82) is 0 Å². The molecular formula is C17H11Br2F3N2O2. The van der Waals surface area contributed by atoms with Crippen LogP contribution in [0.15, 0.2) is 62.6 Å². The molecule has 9 heteroatoms. The molecule has 0 aromatic heterocycles. The van der Waals surface area contributed by atoms with Gasteiger partial charge >= 0.3 is 6.18 Å². The van der Waals surface area contributed by atoms with E-state index >= 15 is 0 Å². The summed E-state index contributed by atoms with van der Waals surface area (Å²) in [5.41, 5.74) is -3.09. The fourth-order valence-electron chi connectivity index (χ4n) is 2.55. The van der Waals surface area contributed by atoms with Crippen molar-refractivity contribution < 1.29 is 23.1 Å². The maximum absolute atomic E-state index is 13.6. The Balaban J connectivity index is 2.07. The van der Waals surface area contributed by atoms with E-state index in [0.717, 1.165) is 0 Å².